The van der Waals surface area contributed by atoms with Crippen molar-refractivity contribution in [3.05, 3.63) is 18.2 Å². The summed E-state index contributed by atoms with van der Waals surface area (Å²) in [5.74, 6) is -0.591. The fraction of sp³-hybridized carbons (Fsp3) is 0.417. The molecule has 0 spiro atoms. The number of sulfonamides is 1. The lowest BCUT2D eigenvalue weighted by Crippen LogP contribution is -2.40. The minimum Gasteiger partial charge on any atom is -0.493 e. The molecule has 8 heteroatoms. The van der Waals surface area contributed by atoms with Crippen LogP contribution in [0.3, 0.4) is 0 Å². The van der Waals surface area contributed by atoms with Gasteiger partial charge in [0.1, 0.15) is 6.04 Å². The zero-order valence-corrected chi connectivity index (χ0v) is 12.2. The van der Waals surface area contributed by atoms with E-state index in [2.05, 4.69) is 4.72 Å². The van der Waals surface area contributed by atoms with Crippen LogP contribution < -0.4 is 14.2 Å². The standard InChI is InChI=1S/C12H17NO6S/c1-4-9(12(14)15)13-20(16,17)8-5-6-10(18-2)11(7-8)19-3/h5-7,9,13H,4H2,1-3H3,(H,14,15)/t9-/m1/s1. The van der Waals surface area contributed by atoms with E-state index in [0.29, 0.717) is 5.75 Å². The van der Waals surface area contributed by atoms with Crippen LogP contribution in [0.5, 0.6) is 11.5 Å². The van der Waals surface area contributed by atoms with Crippen LogP contribution in [0.1, 0.15) is 13.3 Å². The van der Waals surface area contributed by atoms with Crippen molar-refractivity contribution < 1.29 is 27.8 Å². The molecule has 0 saturated carbocycles. The third kappa shape index (κ3) is 3.61. The topological polar surface area (TPSA) is 102 Å². The molecule has 0 amide bonds. The summed E-state index contributed by atoms with van der Waals surface area (Å²) >= 11 is 0. The van der Waals surface area contributed by atoms with Crippen LogP contribution >= 0.6 is 0 Å². The maximum absolute atomic E-state index is 12.1. The Bertz CT molecular complexity index is 584. The molecule has 7 nitrogen and oxygen atoms in total. The zero-order valence-electron chi connectivity index (χ0n) is 11.4. The van der Waals surface area contributed by atoms with Crippen LogP contribution in [-0.2, 0) is 14.8 Å². The molecule has 0 heterocycles. The third-order valence-electron chi connectivity index (χ3n) is 2.67. The molecule has 112 valence electrons. The van der Waals surface area contributed by atoms with E-state index in [4.69, 9.17) is 14.6 Å². The molecule has 1 aromatic carbocycles. The Morgan fingerprint density at radius 2 is 1.90 bits per heavy atom. The first-order valence-corrected chi connectivity index (χ1v) is 7.31. The van der Waals surface area contributed by atoms with Crippen LogP contribution in [0.25, 0.3) is 0 Å². The maximum Gasteiger partial charge on any atom is 0.321 e. The number of carboxylic acids is 1. The second kappa shape index (κ2) is 6.58. The summed E-state index contributed by atoms with van der Waals surface area (Å²) in [5.41, 5.74) is 0. The number of nitrogens with one attached hydrogen (secondary N) is 1. The fourth-order valence-electron chi connectivity index (χ4n) is 1.55. The third-order valence-corrected chi connectivity index (χ3v) is 4.14. The average Bonchev–Trinajstić information content (AvgIpc) is 2.43. The molecule has 1 rings (SSSR count). The predicted molar refractivity (Wildman–Crippen MR) is 71.6 cm³/mol. The molecule has 0 saturated heterocycles. The second-order valence-corrected chi connectivity index (χ2v) is 5.65. The Balaban J connectivity index is 3.12. The van der Waals surface area contributed by atoms with Gasteiger partial charge in [-0.05, 0) is 18.6 Å². The highest BCUT2D eigenvalue weighted by atomic mass is 32.2. The Hall–Kier alpha value is -1.80. The van der Waals surface area contributed by atoms with Gasteiger partial charge in [0.05, 0.1) is 19.1 Å². The first-order valence-electron chi connectivity index (χ1n) is 5.82. The molecule has 1 atom stereocenters. The minimum absolute atomic E-state index is 0.0881. The van der Waals surface area contributed by atoms with E-state index in [1.807, 2.05) is 0 Å². The molecule has 1 aromatic rings. The summed E-state index contributed by atoms with van der Waals surface area (Å²) in [6.07, 6.45) is 0.141. The highest BCUT2D eigenvalue weighted by molar-refractivity contribution is 7.89. The molecule has 0 unspecified atom stereocenters. The number of hydrogen-bond donors (Lipinski definition) is 2. The lowest BCUT2D eigenvalue weighted by Gasteiger charge is -2.14. The summed E-state index contributed by atoms with van der Waals surface area (Å²) in [7, 11) is -1.13. The first kappa shape index (κ1) is 16.3. The Labute approximate surface area is 117 Å². The van der Waals surface area contributed by atoms with Gasteiger partial charge in [0.2, 0.25) is 10.0 Å². The molecule has 20 heavy (non-hydrogen) atoms. The van der Waals surface area contributed by atoms with Crippen LogP contribution in [0.4, 0.5) is 0 Å². The van der Waals surface area contributed by atoms with Gasteiger partial charge in [0.15, 0.2) is 11.5 Å². The Morgan fingerprint density at radius 1 is 1.30 bits per heavy atom. The number of carboxylic acid groups (broad SMARTS) is 1. The molecule has 0 aliphatic carbocycles. The van der Waals surface area contributed by atoms with Gasteiger partial charge in [-0.15, -0.1) is 0 Å². The fourth-order valence-corrected chi connectivity index (χ4v) is 2.83. The van der Waals surface area contributed by atoms with Gasteiger partial charge in [0.25, 0.3) is 0 Å². The summed E-state index contributed by atoms with van der Waals surface area (Å²) in [4.78, 5) is 10.8. The van der Waals surface area contributed by atoms with Gasteiger partial charge in [-0.2, -0.15) is 4.72 Å². The first-order chi connectivity index (χ1) is 9.35. The zero-order chi connectivity index (χ0) is 15.3. The number of rotatable bonds is 7. The van der Waals surface area contributed by atoms with Crippen molar-refractivity contribution in [1.29, 1.82) is 0 Å². The van der Waals surface area contributed by atoms with E-state index in [-0.39, 0.29) is 17.1 Å². The Kier molecular flexibility index (Phi) is 5.34. The van der Waals surface area contributed by atoms with Gasteiger partial charge in [-0.25, -0.2) is 8.42 Å². The van der Waals surface area contributed by atoms with Crippen molar-refractivity contribution >= 4 is 16.0 Å². The van der Waals surface area contributed by atoms with Crippen LogP contribution in [0.2, 0.25) is 0 Å². The normalized spacial score (nSPS) is 12.8. The molecule has 0 radical (unpaired) electrons. The van der Waals surface area contributed by atoms with Gasteiger partial charge in [-0.3, -0.25) is 4.79 Å². The number of ether oxygens (including phenoxy) is 2. The highest BCUT2D eigenvalue weighted by Gasteiger charge is 2.24. The minimum atomic E-state index is -3.94. The monoisotopic (exact) mass is 303 g/mol. The van der Waals surface area contributed by atoms with E-state index in [9.17, 15) is 13.2 Å². The second-order valence-electron chi connectivity index (χ2n) is 3.94. The van der Waals surface area contributed by atoms with Crippen molar-refractivity contribution in [3.8, 4) is 11.5 Å². The number of methoxy groups -OCH3 is 2. The largest absolute Gasteiger partial charge is 0.493 e. The summed E-state index contributed by atoms with van der Waals surface area (Å²) in [6.45, 7) is 1.58. The lowest BCUT2D eigenvalue weighted by molar-refractivity contribution is -0.139. The van der Waals surface area contributed by atoms with E-state index < -0.39 is 22.0 Å². The highest BCUT2D eigenvalue weighted by Crippen LogP contribution is 2.29. The van der Waals surface area contributed by atoms with Crippen LogP contribution in [0, 0.1) is 0 Å². The van der Waals surface area contributed by atoms with E-state index in [0.717, 1.165) is 0 Å². The number of carbonyl (C=O) groups is 1. The van der Waals surface area contributed by atoms with E-state index >= 15 is 0 Å². The van der Waals surface area contributed by atoms with Crippen LogP contribution in [0.15, 0.2) is 23.1 Å². The van der Waals surface area contributed by atoms with Crippen molar-refractivity contribution in [2.45, 2.75) is 24.3 Å². The molecular formula is C12H17NO6S. The summed E-state index contributed by atoms with van der Waals surface area (Å²) in [5, 5.41) is 8.89. The quantitative estimate of drug-likeness (QED) is 0.774. The number of aliphatic carboxylic acids is 1. The number of benzene rings is 1. The van der Waals surface area contributed by atoms with Gasteiger partial charge in [-0.1, -0.05) is 6.92 Å². The van der Waals surface area contributed by atoms with Crippen molar-refractivity contribution in [2.75, 3.05) is 14.2 Å². The smallest absolute Gasteiger partial charge is 0.321 e. The molecule has 0 bridgehead atoms. The van der Waals surface area contributed by atoms with Crippen molar-refractivity contribution in [2.24, 2.45) is 0 Å². The SMILES string of the molecule is CC[C@@H](NS(=O)(=O)c1ccc(OC)c(OC)c1)C(=O)O. The van der Waals surface area contributed by atoms with E-state index in [1.54, 1.807) is 6.92 Å². The molecule has 0 aromatic heterocycles. The average molecular weight is 303 g/mol. The van der Waals surface area contributed by atoms with Crippen molar-refractivity contribution in [3.63, 3.8) is 0 Å². The van der Waals surface area contributed by atoms with E-state index in [1.165, 1.54) is 32.4 Å². The molecule has 0 aliphatic heterocycles. The lowest BCUT2D eigenvalue weighted by atomic mass is 10.2. The van der Waals surface area contributed by atoms with Gasteiger partial charge in [0, 0.05) is 6.07 Å². The predicted octanol–water partition coefficient (Wildman–Crippen LogP) is 0.845. The summed E-state index contributed by atoms with van der Waals surface area (Å²) < 4.78 is 36.4. The molecular weight excluding hydrogens is 286 g/mol. The van der Waals surface area contributed by atoms with Crippen LogP contribution in [-0.4, -0.2) is 39.8 Å². The Morgan fingerprint density at radius 3 is 2.35 bits per heavy atom. The maximum atomic E-state index is 12.1. The van der Waals surface area contributed by atoms with Crippen molar-refractivity contribution in [1.82, 2.24) is 4.72 Å². The number of hydrogen-bond acceptors (Lipinski definition) is 5. The summed E-state index contributed by atoms with van der Waals surface area (Å²) in [6, 6.07) is 2.86. The molecule has 0 aliphatic rings. The van der Waals surface area contributed by atoms with Gasteiger partial charge >= 0.3 is 5.97 Å². The molecule has 2 N–H and O–H groups in total. The molecule has 0 fully saturated rings. The van der Waals surface area contributed by atoms with Gasteiger partial charge < -0.3 is 14.6 Å².